The first kappa shape index (κ1) is 12.2. The van der Waals surface area contributed by atoms with E-state index in [1.165, 1.54) is 0 Å². The average Bonchev–Trinajstić information content (AvgIpc) is 2.00. The molecule has 0 saturated carbocycles. The molecule has 0 aliphatic carbocycles. The summed E-state index contributed by atoms with van der Waals surface area (Å²) in [4.78, 5) is 0. The van der Waals surface area contributed by atoms with E-state index in [1.54, 1.807) is 13.8 Å². The number of hydrogen-bond donors (Lipinski definition) is 1. The molecule has 84 valence electrons. The minimum absolute atomic E-state index is 0.261. The zero-order valence-electron chi connectivity index (χ0n) is 9.19. The Kier molecular flexibility index (Phi) is 3.21. The quantitative estimate of drug-likeness (QED) is 0.807. The summed E-state index contributed by atoms with van der Waals surface area (Å²) in [6.45, 7) is 5.57. The first-order valence-electron chi connectivity index (χ1n) is 4.73. The van der Waals surface area contributed by atoms with Crippen molar-refractivity contribution in [3.8, 4) is 0 Å². The van der Waals surface area contributed by atoms with Crippen molar-refractivity contribution in [2.45, 2.75) is 26.2 Å². The molecule has 0 amide bonds. The van der Waals surface area contributed by atoms with Crippen LogP contribution >= 0.6 is 0 Å². The minimum Gasteiger partial charge on any atom is -0.286 e. The van der Waals surface area contributed by atoms with Gasteiger partial charge in [0.05, 0.1) is 5.75 Å². The van der Waals surface area contributed by atoms with Gasteiger partial charge in [-0.05, 0) is 12.5 Å². The lowest BCUT2D eigenvalue weighted by atomic mass is 9.86. The zero-order chi connectivity index (χ0) is 11.7. The second kappa shape index (κ2) is 3.94. The normalized spacial score (nSPS) is 12.8. The Balaban J connectivity index is 3.00. The van der Waals surface area contributed by atoms with Crippen molar-refractivity contribution < 1.29 is 13.0 Å². The van der Waals surface area contributed by atoms with Crippen LogP contribution in [0.4, 0.5) is 0 Å². The van der Waals surface area contributed by atoms with Crippen LogP contribution in [0.3, 0.4) is 0 Å². The molecule has 0 aliphatic rings. The average molecular weight is 228 g/mol. The maximum absolute atomic E-state index is 10.8. The van der Waals surface area contributed by atoms with Crippen molar-refractivity contribution in [1.29, 1.82) is 0 Å². The summed E-state index contributed by atoms with van der Waals surface area (Å²) >= 11 is 0. The molecule has 0 fully saturated rings. The van der Waals surface area contributed by atoms with Crippen molar-refractivity contribution in [3.63, 3.8) is 0 Å². The third-order valence-corrected chi connectivity index (χ3v) is 3.46. The van der Waals surface area contributed by atoms with Crippen molar-refractivity contribution >= 4 is 10.1 Å². The number of rotatable bonds is 3. The summed E-state index contributed by atoms with van der Waals surface area (Å²) < 4.78 is 30.5. The van der Waals surface area contributed by atoms with Crippen LogP contribution in [0.5, 0.6) is 0 Å². The van der Waals surface area contributed by atoms with Gasteiger partial charge in [-0.25, -0.2) is 0 Å². The molecule has 4 heteroatoms. The molecule has 0 aromatic heterocycles. The second-order valence-corrected chi connectivity index (χ2v) is 5.93. The molecule has 0 spiro atoms. The standard InChI is InChI=1S/C11H16O3S/c1-9-4-6-10(7-5-9)11(2,3)8-15(12,13)14/h4-7H,8H2,1-3H3,(H,12,13,14). The topological polar surface area (TPSA) is 54.4 Å². The fraction of sp³-hybridized carbons (Fsp3) is 0.455. The van der Waals surface area contributed by atoms with Crippen molar-refractivity contribution in [1.82, 2.24) is 0 Å². The predicted octanol–water partition coefficient (Wildman–Crippen LogP) is 2.16. The van der Waals surface area contributed by atoms with E-state index in [0.717, 1.165) is 11.1 Å². The fourth-order valence-electron chi connectivity index (χ4n) is 1.54. The summed E-state index contributed by atoms with van der Waals surface area (Å²) in [6, 6.07) is 7.64. The van der Waals surface area contributed by atoms with Gasteiger partial charge in [-0.1, -0.05) is 43.7 Å². The van der Waals surface area contributed by atoms with Crippen molar-refractivity contribution in [3.05, 3.63) is 35.4 Å². The Labute approximate surface area is 90.9 Å². The van der Waals surface area contributed by atoms with E-state index in [2.05, 4.69) is 0 Å². The molecule has 0 atom stereocenters. The van der Waals surface area contributed by atoms with E-state index < -0.39 is 15.5 Å². The smallest absolute Gasteiger partial charge is 0.265 e. The largest absolute Gasteiger partial charge is 0.286 e. The Morgan fingerprint density at radius 2 is 1.67 bits per heavy atom. The highest BCUT2D eigenvalue weighted by atomic mass is 32.2. The summed E-state index contributed by atoms with van der Waals surface area (Å²) in [6.07, 6.45) is 0. The summed E-state index contributed by atoms with van der Waals surface area (Å²) in [5, 5.41) is 0. The highest BCUT2D eigenvalue weighted by Crippen LogP contribution is 2.24. The first-order valence-corrected chi connectivity index (χ1v) is 6.34. The van der Waals surface area contributed by atoms with E-state index in [0.29, 0.717) is 0 Å². The van der Waals surface area contributed by atoms with Gasteiger partial charge in [0.2, 0.25) is 0 Å². The lowest BCUT2D eigenvalue weighted by Crippen LogP contribution is -2.27. The van der Waals surface area contributed by atoms with E-state index in [4.69, 9.17) is 4.55 Å². The summed E-state index contributed by atoms with van der Waals surface area (Å²) in [5.74, 6) is -0.261. The van der Waals surface area contributed by atoms with Gasteiger partial charge < -0.3 is 0 Å². The highest BCUT2D eigenvalue weighted by Gasteiger charge is 2.26. The van der Waals surface area contributed by atoms with Crippen LogP contribution in [0.1, 0.15) is 25.0 Å². The van der Waals surface area contributed by atoms with Crippen LogP contribution in [0, 0.1) is 6.92 Å². The Morgan fingerprint density at radius 3 is 2.07 bits per heavy atom. The zero-order valence-corrected chi connectivity index (χ0v) is 10.0. The third-order valence-electron chi connectivity index (χ3n) is 2.38. The van der Waals surface area contributed by atoms with Gasteiger partial charge in [-0.3, -0.25) is 4.55 Å². The van der Waals surface area contributed by atoms with Crippen LogP contribution < -0.4 is 0 Å². The molecule has 15 heavy (non-hydrogen) atoms. The van der Waals surface area contributed by atoms with Crippen LogP contribution in [-0.4, -0.2) is 18.7 Å². The molecule has 0 heterocycles. The number of benzene rings is 1. The monoisotopic (exact) mass is 228 g/mol. The number of aryl methyl sites for hydroxylation is 1. The molecule has 1 N–H and O–H groups in total. The highest BCUT2D eigenvalue weighted by molar-refractivity contribution is 7.85. The third kappa shape index (κ3) is 3.64. The molecule has 0 saturated heterocycles. The minimum atomic E-state index is -3.94. The molecule has 0 bridgehead atoms. The summed E-state index contributed by atoms with van der Waals surface area (Å²) in [5.41, 5.74) is 1.47. The first-order chi connectivity index (χ1) is 6.71. The van der Waals surface area contributed by atoms with Gasteiger partial charge in [0, 0.05) is 5.41 Å². The van der Waals surface area contributed by atoms with Gasteiger partial charge in [0.25, 0.3) is 10.1 Å². The number of hydrogen-bond acceptors (Lipinski definition) is 2. The fourth-order valence-corrected chi connectivity index (χ4v) is 2.62. The predicted molar refractivity (Wildman–Crippen MR) is 60.6 cm³/mol. The molecule has 0 aliphatic heterocycles. The van der Waals surface area contributed by atoms with Crippen LogP contribution in [0.2, 0.25) is 0 Å². The van der Waals surface area contributed by atoms with Crippen molar-refractivity contribution in [2.24, 2.45) is 0 Å². The molecule has 1 rings (SSSR count). The van der Waals surface area contributed by atoms with Gasteiger partial charge in [0.1, 0.15) is 0 Å². The molecule has 0 unspecified atom stereocenters. The van der Waals surface area contributed by atoms with E-state index in [9.17, 15) is 8.42 Å². The second-order valence-electron chi connectivity index (χ2n) is 4.48. The Bertz CT molecular complexity index is 429. The van der Waals surface area contributed by atoms with Gasteiger partial charge in [-0.15, -0.1) is 0 Å². The molecule has 3 nitrogen and oxygen atoms in total. The molecule has 0 radical (unpaired) electrons. The molecule has 1 aromatic rings. The van der Waals surface area contributed by atoms with Crippen molar-refractivity contribution in [2.75, 3.05) is 5.75 Å². The lowest BCUT2D eigenvalue weighted by Gasteiger charge is -2.23. The summed E-state index contributed by atoms with van der Waals surface area (Å²) in [7, 11) is -3.94. The van der Waals surface area contributed by atoms with E-state index in [-0.39, 0.29) is 5.75 Å². The molecule has 1 aromatic carbocycles. The van der Waals surface area contributed by atoms with Gasteiger partial charge in [-0.2, -0.15) is 8.42 Å². The van der Waals surface area contributed by atoms with Crippen LogP contribution in [0.15, 0.2) is 24.3 Å². The maximum atomic E-state index is 10.8. The van der Waals surface area contributed by atoms with Crippen LogP contribution in [-0.2, 0) is 15.5 Å². The lowest BCUT2D eigenvalue weighted by molar-refractivity contribution is 0.460. The van der Waals surface area contributed by atoms with Gasteiger partial charge >= 0.3 is 0 Å². The Morgan fingerprint density at radius 1 is 1.20 bits per heavy atom. The van der Waals surface area contributed by atoms with Crippen LogP contribution in [0.25, 0.3) is 0 Å². The molecular formula is C11H16O3S. The van der Waals surface area contributed by atoms with E-state index >= 15 is 0 Å². The Hall–Kier alpha value is -0.870. The molecular weight excluding hydrogens is 212 g/mol. The maximum Gasteiger partial charge on any atom is 0.265 e. The van der Waals surface area contributed by atoms with E-state index in [1.807, 2.05) is 31.2 Å². The van der Waals surface area contributed by atoms with Gasteiger partial charge in [0.15, 0.2) is 0 Å². The SMILES string of the molecule is Cc1ccc(C(C)(C)CS(=O)(=O)O)cc1.